The van der Waals surface area contributed by atoms with E-state index in [0.29, 0.717) is 12.2 Å². The van der Waals surface area contributed by atoms with E-state index in [9.17, 15) is 8.42 Å². The first-order valence-corrected chi connectivity index (χ1v) is 9.26. The highest BCUT2D eigenvalue weighted by Crippen LogP contribution is 2.29. The second kappa shape index (κ2) is 7.22. The van der Waals surface area contributed by atoms with Crippen LogP contribution in [0.5, 0.6) is 0 Å². The number of hydrogen-bond acceptors (Lipinski definition) is 4. The van der Waals surface area contributed by atoms with Crippen molar-refractivity contribution in [1.82, 2.24) is 9.29 Å². The van der Waals surface area contributed by atoms with Crippen LogP contribution >= 0.6 is 0 Å². The number of anilines is 1. The van der Waals surface area contributed by atoms with Gasteiger partial charge in [0, 0.05) is 25.3 Å². The molecule has 0 saturated carbocycles. The van der Waals surface area contributed by atoms with Gasteiger partial charge in [-0.3, -0.25) is 0 Å². The molecule has 1 aliphatic heterocycles. The second-order valence-electron chi connectivity index (χ2n) is 5.46. The summed E-state index contributed by atoms with van der Waals surface area (Å²) in [4.78, 5) is 4.16. The van der Waals surface area contributed by atoms with Gasteiger partial charge in [0.1, 0.15) is 0 Å². The van der Waals surface area contributed by atoms with Gasteiger partial charge < -0.3 is 5.32 Å². The molecule has 0 amide bonds. The fourth-order valence-electron chi connectivity index (χ4n) is 2.80. The molecule has 0 spiro atoms. The summed E-state index contributed by atoms with van der Waals surface area (Å²) in [7, 11) is -3.52. The van der Waals surface area contributed by atoms with E-state index in [1.165, 1.54) is 0 Å². The number of rotatable bonds is 6. The topological polar surface area (TPSA) is 62.3 Å². The molecule has 1 aliphatic rings. The molecule has 5 nitrogen and oxygen atoms in total. The summed E-state index contributed by atoms with van der Waals surface area (Å²) in [5, 5.41) is 3.34. The Labute approximate surface area is 127 Å². The molecule has 1 unspecified atom stereocenters. The highest BCUT2D eigenvalue weighted by atomic mass is 32.2. The average molecular weight is 311 g/mol. The minimum absolute atomic E-state index is 0.102. The van der Waals surface area contributed by atoms with Crippen LogP contribution in [0.2, 0.25) is 0 Å². The van der Waals surface area contributed by atoms with Crippen LogP contribution < -0.4 is 5.32 Å². The summed E-state index contributed by atoms with van der Waals surface area (Å²) < 4.78 is 27.6. The quantitative estimate of drug-likeness (QED) is 0.877. The number of hydrogen-bond donors (Lipinski definition) is 1. The maximum atomic E-state index is 13.0. The Morgan fingerprint density at radius 2 is 2.19 bits per heavy atom. The van der Waals surface area contributed by atoms with Gasteiger partial charge in [-0.2, -0.15) is 4.31 Å². The van der Waals surface area contributed by atoms with E-state index in [2.05, 4.69) is 17.2 Å². The maximum absolute atomic E-state index is 13.0. The Morgan fingerprint density at radius 3 is 2.90 bits per heavy atom. The normalized spacial score (nSPS) is 20.4. The third-order valence-electron chi connectivity index (χ3n) is 3.93. The van der Waals surface area contributed by atoms with Gasteiger partial charge in [-0.15, -0.1) is 0 Å². The van der Waals surface area contributed by atoms with Crippen LogP contribution in [0.4, 0.5) is 5.69 Å². The standard InChI is InChI=1S/C15H25N3O2S/c1-3-10-16-14-9-7-11-17-15(14)21(19,20)18-12-6-5-8-13(18)4-2/h7,9,11,13,16H,3-6,8,10,12H2,1-2H3. The lowest BCUT2D eigenvalue weighted by Gasteiger charge is -2.34. The Hall–Kier alpha value is -1.14. The van der Waals surface area contributed by atoms with E-state index >= 15 is 0 Å². The van der Waals surface area contributed by atoms with E-state index < -0.39 is 10.0 Å². The fraction of sp³-hybridized carbons (Fsp3) is 0.667. The van der Waals surface area contributed by atoms with Gasteiger partial charge in [0.15, 0.2) is 5.03 Å². The number of piperidine rings is 1. The zero-order valence-corrected chi connectivity index (χ0v) is 13.7. The van der Waals surface area contributed by atoms with Crippen LogP contribution in [-0.2, 0) is 10.0 Å². The van der Waals surface area contributed by atoms with Crippen molar-refractivity contribution >= 4 is 15.7 Å². The average Bonchev–Trinajstić information content (AvgIpc) is 2.53. The van der Waals surface area contributed by atoms with Crippen LogP contribution in [0, 0.1) is 0 Å². The molecule has 0 bridgehead atoms. The minimum Gasteiger partial charge on any atom is -0.383 e. The van der Waals surface area contributed by atoms with Crippen LogP contribution in [-0.4, -0.2) is 36.8 Å². The molecule has 118 valence electrons. The van der Waals surface area contributed by atoms with Gasteiger partial charge in [0.2, 0.25) is 0 Å². The Kier molecular flexibility index (Phi) is 5.58. The summed E-state index contributed by atoms with van der Waals surface area (Å²) in [6, 6.07) is 3.66. The summed E-state index contributed by atoms with van der Waals surface area (Å²) in [5.74, 6) is 0. The minimum atomic E-state index is -3.52. The zero-order valence-electron chi connectivity index (χ0n) is 12.9. The van der Waals surface area contributed by atoms with Crippen LogP contribution in [0.3, 0.4) is 0 Å². The Balaban J connectivity index is 2.34. The highest BCUT2D eigenvalue weighted by molar-refractivity contribution is 7.89. The number of sulfonamides is 1. The SMILES string of the molecule is CCCNc1cccnc1S(=O)(=O)N1CCCCC1CC. The molecule has 21 heavy (non-hydrogen) atoms. The van der Waals surface area contributed by atoms with Crippen molar-refractivity contribution in [3.63, 3.8) is 0 Å². The van der Waals surface area contributed by atoms with Crippen molar-refractivity contribution in [2.45, 2.75) is 57.0 Å². The predicted molar refractivity (Wildman–Crippen MR) is 84.8 cm³/mol. The first-order chi connectivity index (χ1) is 10.1. The molecule has 2 heterocycles. The lowest BCUT2D eigenvalue weighted by atomic mass is 10.0. The summed E-state index contributed by atoms with van der Waals surface area (Å²) in [5.41, 5.74) is 0.611. The van der Waals surface area contributed by atoms with Gasteiger partial charge in [-0.25, -0.2) is 13.4 Å². The predicted octanol–water partition coefficient (Wildman–Crippen LogP) is 2.86. The van der Waals surface area contributed by atoms with Gasteiger partial charge in [-0.05, 0) is 37.8 Å². The van der Waals surface area contributed by atoms with E-state index in [4.69, 9.17) is 0 Å². The molecule has 1 aromatic rings. The number of aromatic nitrogens is 1. The molecule has 0 radical (unpaired) electrons. The monoisotopic (exact) mass is 311 g/mol. The van der Waals surface area contributed by atoms with Gasteiger partial charge in [0.05, 0.1) is 5.69 Å². The molecule has 1 N–H and O–H groups in total. The molecule has 2 rings (SSSR count). The zero-order chi connectivity index (χ0) is 15.3. The number of pyridine rings is 1. The van der Waals surface area contributed by atoms with Crippen molar-refractivity contribution in [1.29, 1.82) is 0 Å². The van der Waals surface area contributed by atoms with E-state index in [1.54, 1.807) is 22.6 Å². The third kappa shape index (κ3) is 3.55. The number of nitrogens with one attached hydrogen (secondary N) is 1. The third-order valence-corrected chi connectivity index (χ3v) is 5.85. The summed E-state index contributed by atoms with van der Waals surface area (Å²) >= 11 is 0. The van der Waals surface area contributed by atoms with Crippen LogP contribution in [0.15, 0.2) is 23.4 Å². The van der Waals surface area contributed by atoms with Crippen molar-refractivity contribution < 1.29 is 8.42 Å². The van der Waals surface area contributed by atoms with Crippen LogP contribution in [0.1, 0.15) is 46.0 Å². The van der Waals surface area contributed by atoms with E-state index in [-0.39, 0.29) is 11.1 Å². The van der Waals surface area contributed by atoms with Crippen molar-refractivity contribution in [3.8, 4) is 0 Å². The molecular formula is C15H25N3O2S. The van der Waals surface area contributed by atoms with E-state index in [1.807, 2.05) is 6.92 Å². The Morgan fingerprint density at radius 1 is 1.38 bits per heavy atom. The Bertz CT molecular complexity index is 560. The molecule has 6 heteroatoms. The molecular weight excluding hydrogens is 286 g/mol. The first kappa shape index (κ1) is 16.2. The lowest BCUT2D eigenvalue weighted by molar-refractivity contribution is 0.246. The second-order valence-corrected chi connectivity index (χ2v) is 7.26. The molecule has 0 aromatic carbocycles. The molecule has 1 aromatic heterocycles. The molecule has 1 fully saturated rings. The lowest BCUT2D eigenvalue weighted by Crippen LogP contribution is -2.43. The van der Waals surface area contributed by atoms with Gasteiger partial charge in [-0.1, -0.05) is 20.3 Å². The van der Waals surface area contributed by atoms with Gasteiger partial charge >= 0.3 is 0 Å². The first-order valence-electron chi connectivity index (χ1n) is 7.82. The van der Waals surface area contributed by atoms with Crippen molar-refractivity contribution in [2.75, 3.05) is 18.4 Å². The fourth-order valence-corrected chi connectivity index (χ4v) is 4.65. The van der Waals surface area contributed by atoms with Crippen molar-refractivity contribution in [2.24, 2.45) is 0 Å². The highest BCUT2D eigenvalue weighted by Gasteiger charge is 2.34. The smallest absolute Gasteiger partial charge is 0.262 e. The molecule has 1 atom stereocenters. The number of nitrogens with zero attached hydrogens (tertiary/aromatic N) is 2. The van der Waals surface area contributed by atoms with Gasteiger partial charge in [0.25, 0.3) is 10.0 Å². The maximum Gasteiger partial charge on any atom is 0.262 e. The van der Waals surface area contributed by atoms with Crippen LogP contribution in [0.25, 0.3) is 0 Å². The van der Waals surface area contributed by atoms with Crippen molar-refractivity contribution in [3.05, 3.63) is 18.3 Å². The summed E-state index contributed by atoms with van der Waals surface area (Å²) in [6.45, 7) is 5.44. The largest absolute Gasteiger partial charge is 0.383 e. The molecule has 1 saturated heterocycles. The van der Waals surface area contributed by atoms with E-state index in [0.717, 1.165) is 38.6 Å². The molecule has 0 aliphatic carbocycles. The summed E-state index contributed by atoms with van der Waals surface area (Å²) in [6.07, 6.45) is 6.32.